The topological polar surface area (TPSA) is 93.0 Å². The third-order valence-electron chi connectivity index (χ3n) is 4.26. The maximum Gasteiger partial charge on any atom is 0.254 e. The molecule has 136 valence electrons. The molecule has 1 amide bonds. The lowest BCUT2D eigenvalue weighted by Crippen LogP contribution is -2.30. The van der Waals surface area contributed by atoms with Crippen LogP contribution >= 0.6 is 28.3 Å². The summed E-state index contributed by atoms with van der Waals surface area (Å²) in [6.07, 6.45) is 1.80. The van der Waals surface area contributed by atoms with E-state index >= 15 is 0 Å². The Morgan fingerprint density at radius 3 is 2.72 bits per heavy atom. The highest BCUT2D eigenvalue weighted by molar-refractivity contribution is 9.10. The molecular weight excluding hydrogens is 408 g/mol. The third kappa shape index (κ3) is 4.41. The van der Waals surface area contributed by atoms with E-state index in [4.69, 9.17) is 10.5 Å². The van der Waals surface area contributed by atoms with Crippen molar-refractivity contribution in [1.82, 2.24) is 10.2 Å². The number of aromatic nitrogens is 2. The van der Waals surface area contributed by atoms with Crippen LogP contribution in [0, 0.1) is 0 Å². The second-order valence-corrected chi connectivity index (χ2v) is 6.75. The Bertz CT molecular complexity index is 720. The first kappa shape index (κ1) is 19.9. The van der Waals surface area contributed by atoms with E-state index in [9.17, 15) is 4.79 Å². The molecule has 0 radical (unpaired) electrons. The predicted octanol–water partition coefficient (Wildman–Crippen LogP) is 3.27. The number of aromatic amines is 1. The molecule has 0 bridgehead atoms. The number of benzene rings is 1. The number of amides is 1. The van der Waals surface area contributed by atoms with E-state index in [0.717, 1.165) is 34.1 Å². The maximum absolute atomic E-state index is 12.4. The Balaban J connectivity index is 0.00000225. The molecule has 1 fully saturated rings. The van der Waals surface area contributed by atoms with E-state index in [1.165, 1.54) is 0 Å². The van der Waals surface area contributed by atoms with Gasteiger partial charge in [0, 0.05) is 16.6 Å². The van der Waals surface area contributed by atoms with Crippen LogP contribution in [0.3, 0.4) is 0 Å². The Morgan fingerprint density at radius 1 is 1.40 bits per heavy atom. The number of ether oxygens (including phenoxy) is 1. The number of hydrogen-bond donors (Lipinski definition) is 3. The minimum absolute atomic E-state index is 0. The van der Waals surface area contributed by atoms with E-state index in [1.807, 2.05) is 31.2 Å². The Hall–Kier alpha value is -1.41. The van der Waals surface area contributed by atoms with Crippen LogP contribution in [-0.4, -0.2) is 34.9 Å². The van der Waals surface area contributed by atoms with Gasteiger partial charge in [0.2, 0.25) is 0 Å². The number of carbonyl (C=O) groups excluding carboxylic acids is 1. The van der Waals surface area contributed by atoms with Crippen molar-refractivity contribution in [2.45, 2.75) is 38.4 Å². The van der Waals surface area contributed by atoms with Gasteiger partial charge in [0.25, 0.3) is 5.91 Å². The van der Waals surface area contributed by atoms with Crippen LogP contribution in [0.2, 0.25) is 0 Å². The number of nitrogens with zero attached hydrogens (tertiary/aromatic N) is 1. The van der Waals surface area contributed by atoms with Gasteiger partial charge in [-0.1, -0.05) is 35.0 Å². The summed E-state index contributed by atoms with van der Waals surface area (Å²) >= 11 is 3.43. The highest BCUT2D eigenvalue weighted by Gasteiger charge is 2.30. The van der Waals surface area contributed by atoms with Crippen molar-refractivity contribution in [1.29, 1.82) is 0 Å². The number of nitrogens with one attached hydrogen (secondary N) is 2. The number of rotatable bonds is 5. The molecule has 1 aliphatic heterocycles. The van der Waals surface area contributed by atoms with Crippen molar-refractivity contribution in [3.05, 3.63) is 34.3 Å². The number of halogens is 2. The van der Waals surface area contributed by atoms with Gasteiger partial charge in [0.1, 0.15) is 6.10 Å². The van der Waals surface area contributed by atoms with Crippen LogP contribution in [0.1, 0.15) is 25.3 Å². The summed E-state index contributed by atoms with van der Waals surface area (Å²) in [5.74, 6) is 0.412. The zero-order valence-electron chi connectivity index (χ0n) is 13.9. The summed E-state index contributed by atoms with van der Waals surface area (Å²) in [6, 6.07) is 7.98. The van der Waals surface area contributed by atoms with Gasteiger partial charge in [-0.3, -0.25) is 9.89 Å². The Labute approximate surface area is 161 Å². The van der Waals surface area contributed by atoms with Crippen molar-refractivity contribution in [3.8, 4) is 11.3 Å². The predicted molar refractivity (Wildman–Crippen MR) is 104 cm³/mol. The molecule has 1 aliphatic rings. The first-order valence-corrected chi connectivity index (χ1v) is 8.91. The first-order valence-electron chi connectivity index (χ1n) is 8.12. The van der Waals surface area contributed by atoms with E-state index < -0.39 is 6.10 Å². The molecule has 1 aromatic heterocycles. The average Bonchev–Trinajstić information content (AvgIpc) is 3.22. The smallest absolute Gasteiger partial charge is 0.254 e. The maximum atomic E-state index is 12.4. The molecule has 0 aliphatic carbocycles. The SMILES string of the molecule is CCc1c(NC(=O)[C@@H]2CC[C@H](CN)O2)n[nH]c1-c1ccc(Br)cc1.Cl. The molecule has 1 saturated heterocycles. The fourth-order valence-electron chi connectivity index (χ4n) is 2.94. The van der Waals surface area contributed by atoms with E-state index in [-0.39, 0.29) is 24.4 Å². The molecule has 0 unspecified atom stereocenters. The highest BCUT2D eigenvalue weighted by atomic mass is 79.9. The van der Waals surface area contributed by atoms with Crippen LogP contribution in [0.25, 0.3) is 11.3 Å². The summed E-state index contributed by atoms with van der Waals surface area (Å²) in [5, 5.41) is 10.2. The summed E-state index contributed by atoms with van der Waals surface area (Å²) < 4.78 is 6.66. The van der Waals surface area contributed by atoms with E-state index in [2.05, 4.69) is 31.4 Å². The fourth-order valence-corrected chi connectivity index (χ4v) is 3.20. The third-order valence-corrected chi connectivity index (χ3v) is 4.79. The van der Waals surface area contributed by atoms with Crippen LogP contribution in [-0.2, 0) is 16.0 Å². The van der Waals surface area contributed by atoms with Crippen molar-refractivity contribution in [3.63, 3.8) is 0 Å². The van der Waals surface area contributed by atoms with Gasteiger partial charge in [-0.05, 0) is 37.0 Å². The molecule has 4 N–H and O–H groups in total. The second-order valence-electron chi connectivity index (χ2n) is 5.84. The lowest BCUT2D eigenvalue weighted by Gasteiger charge is -2.12. The quantitative estimate of drug-likeness (QED) is 0.680. The largest absolute Gasteiger partial charge is 0.364 e. The van der Waals surface area contributed by atoms with E-state index in [0.29, 0.717) is 18.8 Å². The molecule has 25 heavy (non-hydrogen) atoms. The normalized spacial score (nSPS) is 19.5. The molecule has 0 spiro atoms. The lowest BCUT2D eigenvalue weighted by molar-refractivity contribution is -0.126. The van der Waals surface area contributed by atoms with Crippen molar-refractivity contribution in [2.75, 3.05) is 11.9 Å². The van der Waals surface area contributed by atoms with Crippen molar-refractivity contribution < 1.29 is 9.53 Å². The van der Waals surface area contributed by atoms with Crippen LogP contribution in [0.4, 0.5) is 5.82 Å². The molecule has 2 atom stereocenters. The number of carbonyl (C=O) groups is 1. The minimum atomic E-state index is -0.448. The summed E-state index contributed by atoms with van der Waals surface area (Å²) in [7, 11) is 0. The molecular formula is C17H22BrClN4O2. The van der Waals surface area contributed by atoms with Crippen molar-refractivity contribution in [2.24, 2.45) is 5.73 Å². The first-order chi connectivity index (χ1) is 11.6. The number of H-pyrrole nitrogens is 1. The molecule has 2 heterocycles. The fraction of sp³-hybridized carbons (Fsp3) is 0.412. The standard InChI is InChI=1S/C17H21BrN4O2.ClH/c1-2-13-15(10-3-5-11(18)6-4-10)21-22-16(13)20-17(23)14-8-7-12(9-19)24-14;/h3-6,12,14H,2,7-9,19H2,1H3,(H2,20,21,22,23);1H/t12-,14+;/m1./s1. The van der Waals surface area contributed by atoms with Gasteiger partial charge in [0.15, 0.2) is 5.82 Å². The van der Waals surface area contributed by atoms with Gasteiger partial charge < -0.3 is 15.8 Å². The number of hydrogen-bond acceptors (Lipinski definition) is 4. The summed E-state index contributed by atoms with van der Waals surface area (Å²) in [6.45, 7) is 2.49. The minimum Gasteiger partial charge on any atom is -0.364 e. The second kappa shape index (κ2) is 8.80. The van der Waals surface area contributed by atoms with E-state index in [1.54, 1.807) is 0 Å². The monoisotopic (exact) mass is 428 g/mol. The zero-order valence-corrected chi connectivity index (χ0v) is 16.3. The van der Waals surface area contributed by atoms with Crippen LogP contribution in [0.5, 0.6) is 0 Å². The summed E-state index contributed by atoms with van der Waals surface area (Å²) in [5.41, 5.74) is 8.54. The Kier molecular flexibility index (Phi) is 7.01. The lowest BCUT2D eigenvalue weighted by atomic mass is 10.1. The Morgan fingerprint density at radius 2 is 2.12 bits per heavy atom. The molecule has 6 nitrogen and oxygen atoms in total. The average molecular weight is 430 g/mol. The number of anilines is 1. The summed E-state index contributed by atoms with van der Waals surface area (Å²) in [4.78, 5) is 12.4. The molecule has 0 saturated carbocycles. The zero-order chi connectivity index (χ0) is 17.1. The highest BCUT2D eigenvalue weighted by Crippen LogP contribution is 2.29. The van der Waals surface area contributed by atoms with Crippen LogP contribution < -0.4 is 11.1 Å². The molecule has 1 aromatic carbocycles. The van der Waals surface area contributed by atoms with Gasteiger partial charge in [-0.15, -0.1) is 12.4 Å². The van der Waals surface area contributed by atoms with Gasteiger partial charge >= 0.3 is 0 Å². The molecule has 2 aromatic rings. The van der Waals surface area contributed by atoms with Crippen molar-refractivity contribution >= 4 is 40.1 Å². The van der Waals surface area contributed by atoms with Gasteiger partial charge in [0.05, 0.1) is 11.8 Å². The number of nitrogens with two attached hydrogens (primary N) is 1. The molecule has 8 heteroatoms. The van der Waals surface area contributed by atoms with Gasteiger partial charge in [-0.2, -0.15) is 5.10 Å². The molecule has 3 rings (SSSR count). The van der Waals surface area contributed by atoms with Gasteiger partial charge in [-0.25, -0.2) is 0 Å². The van der Waals surface area contributed by atoms with Crippen LogP contribution in [0.15, 0.2) is 28.7 Å².